The van der Waals surface area contributed by atoms with Crippen molar-refractivity contribution in [1.82, 2.24) is 9.88 Å². The highest BCUT2D eigenvalue weighted by molar-refractivity contribution is 5.99. The molecular formula is C12H17N3O. The maximum absolute atomic E-state index is 12.2. The second kappa shape index (κ2) is 4.51. The van der Waals surface area contributed by atoms with Crippen LogP contribution in [0.5, 0.6) is 0 Å². The van der Waals surface area contributed by atoms with Crippen LogP contribution in [0.15, 0.2) is 18.5 Å². The average molecular weight is 219 g/mol. The Hall–Kier alpha value is -1.58. The molecule has 4 heteroatoms. The van der Waals surface area contributed by atoms with Crippen molar-refractivity contribution in [2.24, 2.45) is 5.92 Å². The molecule has 16 heavy (non-hydrogen) atoms. The lowest BCUT2D eigenvalue weighted by molar-refractivity contribution is 0.0788. The molecule has 0 radical (unpaired) electrons. The molecule has 4 nitrogen and oxygen atoms in total. The van der Waals surface area contributed by atoms with Crippen LogP contribution in [-0.2, 0) is 0 Å². The van der Waals surface area contributed by atoms with E-state index < -0.39 is 0 Å². The number of anilines is 1. The number of pyridine rings is 1. The van der Waals surface area contributed by atoms with Crippen LogP contribution in [0.25, 0.3) is 0 Å². The fourth-order valence-corrected chi connectivity index (χ4v) is 2.07. The van der Waals surface area contributed by atoms with Gasteiger partial charge in [-0.25, -0.2) is 0 Å². The molecule has 0 spiro atoms. The van der Waals surface area contributed by atoms with Gasteiger partial charge in [-0.1, -0.05) is 6.92 Å². The number of likely N-dealkylation sites (tertiary alicyclic amines) is 1. The smallest absolute Gasteiger partial charge is 0.257 e. The number of amides is 1. The van der Waals surface area contributed by atoms with E-state index in [4.69, 9.17) is 0 Å². The van der Waals surface area contributed by atoms with Crippen LogP contribution >= 0.6 is 0 Å². The first-order valence-electron chi connectivity index (χ1n) is 5.63. The molecular weight excluding hydrogens is 202 g/mol. The van der Waals surface area contributed by atoms with Crippen molar-refractivity contribution in [3.8, 4) is 0 Å². The van der Waals surface area contributed by atoms with E-state index in [1.807, 2.05) is 18.0 Å². The quantitative estimate of drug-likeness (QED) is 0.821. The molecule has 1 aliphatic rings. The minimum Gasteiger partial charge on any atom is -0.387 e. The number of aromatic nitrogens is 1. The predicted molar refractivity (Wildman–Crippen MR) is 63.5 cm³/mol. The highest BCUT2D eigenvalue weighted by Gasteiger charge is 2.25. The van der Waals surface area contributed by atoms with E-state index in [2.05, 4.69) is 17.2 Å². The summed E-state index contributed by atoms with van der Waals surface area (Å²) in [4.78, 5) is 18.1. The summed E-state index contributed by atoms with van der Waals surface area (Å²) in [6.45, 7) is 3.89. The Morgan fingerprint density at radius 3 is 3.06 bits per heavy atom. The summed E-state index contributed by atoms with van der Waals surface area (Å²) >= 11 is 0. The molecule has 1 amide bonds. The normalized spacial score (nSPS) is 19.9. The van der Waals surface area contributed by atoms with Gasteiger partial charge in [0.25, 0.3) is 5.91 Å². The molecule has 0 bridgehead atoms. The van der Waals surface area contributed by atoms with Gasteiger partial charge in [-0.15, -0.1) is 0 Å². The lowest BCUT2D eigenvalue weighted by Crippen LogP contribution is -2.29. The molecule has 1 atom stereocenters. The third-order valence-electron chi connectivity index (χ3n) is 3.03. The minimum atomic E-state index is 0.0850. The summed E-state index contributed by atoms with van der Waals surface area (Å²) in [5.41, 5.74) is 1.51. The van der Waals surface area contributed by atoms with Gasteiger partial charge in [-0.05, 0) is 18.4 Å². The maximum atomic E-state index is 12.2. The Labute approximate surface area is 95.7 Å². The molecule has 1 aromatic heterocycles. The van der Waals surface area contributed by atoms with Crippen molar-refractivity contribution in [2.75, 3.05) is 25.5 Å². The van der Waals surface area contributed by atoms with Crippen LogP contribution in [0, 0.1) is 5.92 Å². The lowest BCUT2D eigenvalue weighted by Gasteiger charge is -2.17. The summed E-state index contributed by atoms with van der Waals surface area (Å²) in [5.74, 6) is 0.695. The summed E-state index contributed by atoms with van der Waals surface area (Å²) in [5, 5.41) is 3.02. The van der Waals surface area contributed by atoms with E-state index >= 15 is 0 Å². The van der Waals surface area contributed by atoms with Crippen molar-refractivity contribution in [3.05, 3.63) is 24.0 Å². The van der Waals surface area contributed by atoms with Crippen molar-refractivity contribution in [2.45, 2.75) is 13.3 Å². The Bertz CT molecular complexity index is 392. The third-order valence-corrected chi connectivity index (χ3v) is 3.03. The van der Waals surface area contributed by atoms with E-state index in [1.165, 1.54) is 0 Å². The zero-order chi connectivity index (χ0) is 11.5. The summed E-state index contributed by atoms with van der Waals surface area (Å²) in [6, 6.07) is 1.83. The lowest BCUT2D eigenvalue weighted by atomic mass is 10.2. The first-order valence-corrected chi connectivity index (χ1v) is 5.63. The number of carbonyl (C=O) groups is 1. The Morgan fingerprint density at radius 2 is 2.44 bits per heavy atom. The fraction of sp³-hybridized carbons (Fsp3) is 0.500. The number of nitrogens with one attached hydrogen (secondary N) is 1. The van der Waals surface area contributed by atoms with Gasteiger partial charge in [0.1, 0.15) is 0 Å². The second-order valence-electron chi connectivity index (χ2n) is 4.32. The summed E-state index contributed by atoms with van der Waals surface area (Å²) < 4.78 is 0. The highest BCUT2D eigenvalue weighted by Crippen LogP contribution is 2.21. The van der Waals surface area contributed by atoms with Gasteiger partial charge >= 0.3 is 0 Å². The van der Waals surface area contributed by atoms with E-state index in [0.717, 1.165) is 25.2 Å². The van der Waals surface area contributed by atoms with Gasteiger partial charge in [0, 0.05) is 38.2 Å². The van der Waals surface area contributed by atoms with E-state index in [1.54, 1.807) is 12.4 Å². The monoisotopic (exact) mass is 219 g/mol. The van der Waals surface area contributed by atoms with Crippen LogP contribution in [-0.4, -0.2) is 35.9 Å². The number of hydrogen-bond donors (Lipinski definition) is 1. The van der Waals surface area contributed by atoms with Crippen LogP contribution in [0.2, 0.25) is 0 Å². The Morgan fingerprint density at radius 1 is 1.62 bits per heavy atom. The first-order chi connectivity index (χ1) is 7.72. The highest BCUT2D eigenvalue weighted by atomic mass is 16.2. The van der Waals surface area contributed by atoms with Crippen molar-refractivity contribution in [1.29, 1.82) is 0 Å². The second-order valence-corrected chi connectivity index (χ2v) is 4.32. The molecule has 1 N–H and O–H groups in total. The predicted octanol–water partition coefficient (Wildman–Crippen LogP) is 1.61. The number of hydrogen-bond acceptors (Lipinski definition) is 3. The maximum Gasteiger partial charge on any atom is 0.257 e. The van der Waals surface area contributed by atoms with Gasteiger partial charge in [-0.3, -0.25) is 9.78 Å². The summed E-state index contributed by atoms with van der Waals surface area (Å²) in [6.07, 6.45) is 4.42. The number of nitrogens with zero attached hydrogens (tertiary/aromatic N) is 2. The number of rotatable bonds is 2. The fourth-order valence-electron chi connectivity index (χ4n) is 2.07. The first kappa shape index (κ1) is 10.9. The van der Waals surface area contributed by atoms with Crippen LogP contribution < -0.4 is 5.32 Å². The van der Waals surface area contributed by atoms with Crippen LogP contribution in [0.4, 0.5) is 5.69 Å². The zero-order valence-electron chi connectivity index (χ0n) is 9.73. The zero-order valence-corrected chi connectivity index (χ0v) is 9.73. The van der Waals surface area contributed by atoms with Gasteiger partial charge in [-0.2, -0.15) is 0 Å². The Kier molecular flexibility index (Phi) is 3.08. The Balaban J connectivity index is 2.20. The molecule has 0 aliphatic carbocycles. The van der Waals surface area contributed by atoms with Gasteiger partial charge in [0.2, 0.25) is 0 Å². The molecule has 0 saturated carbocycles. The van der Waals surface area contributed by atoms with Crippen LogP contribution in [0.1, 0.15) is 23.7 Å². The molecule has 1 aromatic rings. The van der Waals surface area contributed by atoms with E-state index in [9.17, 15) is 4.79 Å². The van der Waals surface area contributed by atoms with Crippen molar-refractivity contribution >= 4 is 11.6 Å². The molecule has 2 heterocycles. The SMILES string of the molecule is CNc1ccncc1C(=O)N1CCC(C)C1. The van der Waals surface area contributed by atoms with Gasteiger partial charge in [0.05, 0.1) is 5.56 Å². The minimum absolute atomic E-state index is 0.0850. The third kappa shape index (κ3) is 2.01. The molecule has 1 unspecified atom stereocenters. The molecule has 1 fully saturated rings. The topological polar surface area (TPSA) is 45.2 Å². The molecule has 1 saturated heterocycles. The largest absolute Gasteiger partial charge is 0.387 e. The summed E-state index contributed by atoms with van der Waals surface area (Å²) in [7, 11) is 1.82. The van der Waals surface area contributed by atoms with Crippen molar-refractivity contribution < 1.29 is 4.79 Å². The standard InChI is InChI=1S/C12H17N3O/c1-9-4-6-15(8-9)12(16)10-7-14-5-3-11(10)13-2/h3,5,7,9H,4,6,8H2,1-2H3,(H,13,14). The van der Waals surface area contributed by atoms with Crippen LogP contribution in [0.3, 0.4) is 0 Å². The molecule has 2 rings (SSSR count). The van der Waals surface area contributed by atoms with Gasteiger partial charge in [0.15, 0.2) is 0 Å². The van der Waals surface area contributed by atoms with Gasteiger partial charge < -0.3 is 10.2 Å². The van der Waals surface area contributed by atoms with E-state index in [-0.39, 0.29) is 5.91 Å². The van der Waals surface area contributed by atoms with Crippen molar-refractivity contribution in [3.63, 3.8) is 0 Å². The van der Waals surface area contributed by atoms with E-state index in [0.29, 0.717) is 11.5 Å². The number of carbonyl (C=O) groups excluding carboxylic acids is 1. The average Bonchev–Trinajstić information content (AvgIpc) is 2.75. The molecule has 0 aromatic carbocycles. The molecule has 86 valence electrons. The molecule has 1 aliphatic heterocycles.